The molecule has 2 aromatic rings. The monoisotopic (exact) mass is 233 g/mol. The number of thiophene rings is 1. The quantitative estimate of drug-likeness (QED) is 0.884. The van der Waals surface area contributed by atoms with Crippen LogP contribution in [0.5, 0.6) is 0 Å². The van der Waals surface area contributed by atoms with Crippen LogP contribution < -0.4 is 4.90 Å². The van der Waals surface area contributed by atoms with Crippen LogP contribution in [0.1, 0.15) is 10.4 Å². The summed E-state index contributed by atoms with van der Waals surface area (Å²) in [4.78, 5) is 12.9. The molecule has 16 heavy (non-hydrogen) atoms. The molecule has 0 amide bonds. The van der Waals surface area contributed by atoms with E-state index < -0.39 is 5.97 Å². The van der Waals surface area contributed by atoms with E-state index in [9.17, 15) is 4.79 Å². The van der Waals surface area contributed by atoms with Crippen molar-refractivity contribution in [2.24, 2.45) is 0 Å². The van der Waals surface area contributed by atoms with Gasteiger partial charge < -0.3 is 10.0 Å². The van der Waals surface area contributed by atoms with Crippen molar-refractivity contribution >= 4 is 28.7 Å². The minimum atomic E-state index is -0.890. The average Bonchev–Trinajstić information content (AvgIpc) is 2.78. The lowest BCUT2D eigenvalue weighted by Gasteiger charge is -2.18. The second-order valence-corrected chi connectivity index (χ2v) is 4.11. The molecule has 1 heterocycles. The van der Waals surface area contributed by atoms with Crippen LogP contribution in [-0.4, -0.2) is 18.1 Å². The molecule has 82 valence electrons. The Morgan fingerprint density at radius 3 is 2.56 bits per heavy atom. The normalized spacial score (nSPS) is 10.1. The van der Waals surface area contributed by atoms with E-state index in [1.54, 1.807) is 5.38 Å². The van der Waals surface area contributed by atoms with Crippen molar-refractivity contribution < 1.29 is 9.90 Å². The van der Waals surface area contributed by atoms with Crippen LogP contribution in [0.25, 0.3) is 0 Å². The second-order valence-electron chi connectivity index (χ2n) is 3.37. The third kappa shape index (κ3) is 1.92. The largest absolute Gasteiger partial charge is 0.478 e. The molecule has 1 N–H and O–H groups in total. The number of anilines is 2. The molecule has 0 saturated carbocycles. The van der Waals surface area contributed by atoms with E-state index >= 15 is 0 Å². The van der Waals surface area contributed by atoms with Gasteiger partial charge in [0.1, 0.15) is 0 Å². The molecule has 0 radical (unpaired) electrons. The maximum Gasteiger partial charge on any atom is 0.338 e. The van der Waals surface area contributed by atoms with Crippen molar-refractivity contribution in [3.8, 4) is 0 Å². The summed E-state index contributed by atoms with van der Waals surface area (Å²) < 4.78 is 0. The summed E-state index contributed by atoms with van der Waals surface area (Å²) in [6, 6.07) is 9.69. The third-order valence-electron chi connectivity index (χ3n) is 2.38. The van der Waals surface area contributed by atoms with E-state index in [1.807, 2.05) is 47.7 Å². The summed E-state index contributed by atoms with van der Waals surface area (Å²) in [5.74, 6) is -0.890. The van der Waals surface area contributed by atoms with Crippen LogP contribution in [0, 0.1) is 0 Å². The van der Waals surface area contributed by atoms with E-state index in [0.717, 1.165) is 11.4 Å². The molecule has 3 nitrogen and oxygen atoms in total. The zero-order valence-corrected chi connectivity index (χ0v) is 9.57. The van der Waals surface area contributed by atoms with Crippen molar-refractivity contribution in [1.82, 2.24) is 0 Å². The number of carboxylic acid groups (broad SMARTS) is 1. The molecule has 0 atom stereocenters. The molecule has 0 aliphatic carbocycles. The van der Waals surface area contributed by atoms with Crippen LogP contribution in [0.4, 0.5) is 11.4 Å². The summed E-state index contributed by atoms with van der Waals surface area (Å²) in [6.07, 6.45) is 0. The molecule has 4 heteroatoms. The zero-order valence-electron chi connectivity index (χ0n) is 8.75. The van der Waals surface area contributed by atoms with Crippen molar-refractivity contribution in [3.05, 3.63) is 46.7 Å². The lowest BCUT2D eigenvalue weighted by atomic mass is 10.2. The van der Waals surface area contributed by atoms with Gasteiger partial charge in [-0.1, -0.05) is 18.2 Å². The van der Waals surface area contributed by atoms with E-state index in [4.69, 9.17) is 5.11 Å². The Balaban J connectivity index is 2.38. The number of hydrogen-bond acceptors (Lipinski definition) is 3. The second kappa shape index (κ2) is 4.37. The fourth-order valence-corrected chi connectivity index (χ4v) is 2.34. The predicted molar refractivity (Wildman–Crippen MR) is 65.8 cm³/mol. The van der Waals surface area contributed by atoms with Crippen LogP contribution >= 0.6 is 11.3 Å². The molecule has 0 unspecified atom stereocenters. The molecule has 0 aliphatic rings. The third-order valence-corrected chi connectivity index (χ3v) is 3.11. The molecule has 0 bridgehead atoms. The summed E-state index contributed by atoms with van der Waals surface area (Å²) in [5, 5.41) is 12.5. The summed E-state index contributed by atoms with van der Waals surface area (Å²) in [5.41, 5.74) is 2.04. The van der Waals surface area contributed by atoms with E-state index in [2.05, 4.69) is 0 Å². The molecule has 1 aromatic heterocycles. The molecule has 2 rings (SSSR count). The van der Waals surface area contributed by atoms with Gasteiger partial charge in [0.05, 0.1) is 11.3 Å². The molecule has 0 saturated heterocycles. The van der Waals surface area contributed by atoms with Gasteiger partial charge in [-0.3, -0.25) is 0 Å². The molecule has 0 fully saturated rings. The number of hydrogen-bond donors (Lipinski definition) is 1. The Hall–Kier alpha value is -1.81. The Morgan fingerprint density at radius 1 is 1.25 bits per heavy atom. The van der Waals surface area contributed by atoms with Gasteiger partial charge in [0, 0.05) is 23.5 Å². The number of benzene rings is 1. The van der Waals surface area contributed by atoms with Gasteiger partial charge >= 0.3 is 5.97 Å². The lowest BCUT2D eigenvalue weighted by Crippen LogP contribution is -2.12. The molecular formula is C12H11NO2S. The number of aromatic carboxylic acids is 1. The van der Waals surface area contributed by atoms with E-state index in [-0.39, 0.29) is 0 Å². The maximum atomic E-state index is 11.0. The highest BCUT2D eigenvalue weighted by Crippen LogP contribution is 2.29. The minimum Gasteiger partial charge on any atom is -0.478 e. The van der Waals surface area contributed by atoms with Gasteiger partial charge in [-0.25, -0.2) is 4.79 Å². The fraction of sp³-hybridized carbons (Fsp3) is 0.0833. The zero-order chi connectivity index (χ0) is 11.5. The van der Waals surface area contributed by atoms with Crippen LogP contribution in [-0.2, 0) is 0 Å². The van der Waals surface area contributed by atoms with Gasteiger partial charge in [0.15, 0.2) is 0 Å². The fourth-order valence-electron chi connectivity index (χ4n) is 1.50. The standard InChI is InChI=1S/C12H11NO2S/c1-13(9-5-3-2-4-6-9)11-8-16-7-10(11)12(14)15/h2-8H,1H3,(H,14,15). The van der Waals surface area contributed by atoms with Crippen molar-refractivity contribution in [3.63, 3.8) is 0 Å². The van der Waals surface area contributed by atoms with E-state index in [0.29, 0.717) is 5.56 Å². The van der Waals surface area contributed by atoms with Crippen LogP contribution in [0.15, 0.2) is 41.1 Å². The Kier molecular flexibility index (Phi) is 2.92. The van der Waals surface area contributed by atoms with Gasteiger partial charge in [-0.05, 0) is 12.1 Å². The van der Waals surface area contributed by atoms with Crippen LogP contribution in [0.3, 0.4) is 0 Å². The predicted octanol–water partition coefficient (Wildman–Crippen LogP) is 3.21. The number of carboxylic acids is 1. The SMILES string of the molecule is CN(c1ccccc1)c1cscc1C(=O)O. The summed E-state index contributed by atoms with van der Waals surface area (Å²) in [6.45, 7) is 0. The number of carbonyl (C=O) groups is 1. The maximum absolute atomic E-state index is 11.0. The Morgan fingerprint density at radius 2 is 1.94 bits per heavy atom. The first-order valence-corrected chi connectivity index (χ1v) is 5.72. The first-order valence-electron chi connectivity index (χ1n) is 4.78. The molecular weight excluding hydrogens is 222 g/mol. The van der Waals surface area contributed by atoms with Gasteiger partial charge in [0.2, 0.25) is 0 Å². The first-order chi connectivity index (χ1) is 7.70. The van der Waals surface area contributed by atoms with Crippen LogP contribution in [0.2, 0.25) is 0 Å². The Labute approximate surface area is 97.6 Å². The highest BCUT2D eigenvalue weighted by atomic mass is 32.1. The summed E-state index contributed by atoms with van der Waals surface area (Å²) in [7, 11) is 1.86. The van der Waals surface area contributed by atoms with Crippen molar-refractivity contribution in [1.29, 1.82) is 0 Å². The molecule has 1 aromatic carbocycles. The number of nitrogens with zero attached hydrogens (tertiary/aromatic N) is 1. The van der Waals surface area contributed by atoms with Crippen molar-refractivity contribution in [2.75, 3.05) is 11.9 Å². The lowest BCUT2D eigenvalue weighted by molar-refractivity contribution is 0.0698. The smallest absolute Gasteiger partial charge is 0.338 e. The topological polar surface area (TPSA) is 40.5 Å². The van der Waals surface area contributed by atoms with E-state index in [1.165, 1.54) is 11.3 Å². The number of para-hydroxylation sites is 1. The molecule has 0 spiro atoms. The van der Waals surface area contributed by atoms with Gasteiger partial charge in [0.25, 0.3) is 0 Å². The molecule has 0 aliphatic heterocycles. The minimum absolute atomic E-state index is 0.344. The highest BCUT2D eigenvalue weighted by molar-refractivity contribution is 7.08. The van der Waals surface area contributed by atoms with Gasteiger partial charge in [-0.15, -0.1) is 11.3 Å². The highest BCUT2D eigenvalue weighted by Gasteiger charge is 2.15. The first kappa shape index (κ1) is 10.7. The van der Waals surface area contributed by atoms with Gasteiger partial charge in [-0.2, -0.15) is 0 Å². The average molecular weight is 233 g/mol. The Bertz CT molecular complexity index is 493. The number of rotatable bonds is 3. The van der Waals surface area contributed by atoms with Crippen molar-refractivity contribution in [2.45, 2.75) is 0 Å². The summed E-state index contributed by atoms with van der Waals surface area (Å²) >= 11 is 1.40.